The Morgan fingerprint density at radius 2 is 1.15 bits per heavy atom. The molecule has 4 aliphatic carbocycles. The van der Waals surface area contributed by atoms with Gasteiger partial charge in [0.15, 0.2) is 23.0 Å². The maximum atomic E-state index is 12.0. The second-order valence-electron chi connectivity index (χ2n) is 14.2. The van der Waals surface area contributed by atoms with Gasteiger partial charge in [0, 0.05) is 32.5 Å². The zero-order chi connectivity index (χ0) is 35.5. The van der Waals surface area contributed by atoms with E-state index in [1.54, 1.807) is 43.5 Å². The van der Waals surface area contributed by atoms with E-state index in [1.165, 1.54) is 7.11 Å². The molecule has 0 atom stereocenters. The van der Waals surface area contributed by atoms with Gasteiger partial charge in [0.25, 0.3) is 11.8 Å². The van der Waals surface area contributed by atoms with E-state index >= 15 is 0 Å². The Bertz CT molecular complexity index is 1700. The summed E-state index contributed by atoms with van der Waals surface area (Å²) in [4.78, 5) is 35.2. The van der Waals surface area contributed by atoms with Crippen molar-refractivity contribution in [3.05, 3.63) is 90.8 Å². The number of methoxy groups -OCH3 is 2. The van der Waals surface area contributed by atoms with Gasteiger partial charge in [-0.25, -0.2) is 4.79 Å². The molecule has 2 spiro atoms. The van der Waals surface area contributed by atoms with Gasteiger partial charge in [-0.2, -0.15) is 0 Å². The number of para-hydroxylation sites is 2. The molecule has 0 unspecified atom stereocenters. The summed E-state index contributed by atoms with van der Waals surface area (Å²) in [5.74, 6) is 0.879. The fourth-order valence-electron chi connectivity index (χ4n) is 8.03. The van der Waals surface area contributed by atoms with Gasteiger partial charge in [0.05, 0.1) is 25.3 Å². The van der Waals surface area contributed by atoms with Crippen molar-refractivity contribution < 1.29 is 58.5 Å². The third-order valence-electron chi connectivity index (χ3n) is 10.4. The number of alkyl carbamates (subject to hydrolysis) is 1. The summed E-state index contributed by atoms with van der Waals surface area (Å²) < 4.78 is 27.9. The SMILES string of the molecule is C.COc1cccc(C(N)=O)c1OC1CC2(CC(N)C2)C1.COc1cccc(C(N)=O)c1OC1CC2(CC(NC(=O)OCc3ccccc3)C2)C1.[CH3-].[Pd]. The van der Waals surface area contributed by atoms with Gasteiger partial charge in [-0.15, -0.1) is 0 Å². The molecule has 4 saturated carbocycles. The minimum Gasteiger partial charge on any atom is -0.493 e. The van der Waals surface area contributed by atoms with Gasteiger partial charge in [0.2, 0.25) is 0 Å². The van der Waals surface area contributed by atoms with E-state index in [9.17, 15) is 14.4 Å². The first-order valence-electron chi connectivity index (χ1n) is 17.0. The molecule has 7 N–H and O–H groups in total. The van der Waals surface area contributed by atoms with Crippen LogP contribution in [-0.2, 0) is 31.8 Å². The van der Waals surface area contributed by atoms with Crippen LogP contribution in [0.25, 0.3) is 0 Å². The summed E-state index contributed by atoms with van der Waals surface area (Å²) in [6, 6.07) is 20.4. The fraction of sp³-hybridized carbons (Fsp3) is 0.450. The number of primary amides is 2. The molecule has 3 aromatic rings. The van der Waals surface area contributed by atoms with E-state index in [-0.39, 0.29) is 71.6 Å². The average Bonchev–Trinajstić information content (AvgIpc) is 3.04. The molecule has 0 bridgehead atoms. The molecule has 3 aromatic carbocycles. The monoisotopic (exact) mass is 823 g/mol. The molecule has 3 amide bonds. The van der Waals surface area contributed by atoms with Crippen LogP contribution in [0, 0.1) is 18.3 Å². The molecule has 0 aromatic heterocycles. The van der Waals surface area contributed by atoms with Crippen LogP contribution in [-0.4, -0.2) is 56.4 Å². The molecule has 292 valence electrons. The zero-order valence-corrected chi connectivity index (χ0v) is 31.4. The molecular weight excluding hydrogens is 771 g/mol. The van der Waals surface area contributed by atoms with Crippen molar-refractivity contribution >= 4 is 17.9 Å². The van der Waals surface area contributed by atoms with Crippen LogP contribution in [0.2, 0.25) is 0 Å². The standard InChI is InChI=1S/C23H26N2O5.C15H20N2O3.CH4.CH3.Pd/c1-28-19-9-5-8-18(21(24)26)20(19)30-17-12-23(13-17)10-16(11-23)25-22(27)29-14-15-6-3-2-4-7-15;1-19-12-4-2-3-11(14(17)18)13(12)20-10-7-15(8-10)5-9(16)6-15;;;/h2-9,16-17H,10-14H2,1H3,(H2,24,26)(H,25,27);2-4,9-10H,5-8,16H2,1H3,(H2,17,18);1H4;1H3;/q;;;-1;. The van der Waals surface area contributed by atoms with Gasteiger partial charge in [-0.05, 0) is 92.0 Å². The molecule has 0 heterocycles. The molecule has 4 fully saturated rings. The Kier molecular flexibility index (Phi) is 14.8. The minimum absolute atomic E-state index is 0. The van der Waals surface area contributed by atoms with E-state index in [2.05, 4.69) is 5.32 Å². The first-order chi connectivity index (χ1) is 24.0. The molecule has 0 radical (unpaired) electrons. The molecular formula is C40H53N4O8Pd-. The molecule has 7 rings (SSSR count). The predicted octanol–water partition coefficient (Wildman–Crippen LogP) is 5.94. The number of ether oxygens (including phenoxy) is 5. The van der Waals surface area contributed by atoms with Crippen LogP contribution < -0.4 is 41.5 Å². The second kappa shape index (κ2) is 18.1. The third-order valence-corrected chi connectivity index (χ3v) is 10.4. The number of carbonyl (C=O) groups is 3. The van der Waals surface area contributed by atoms with E-state index in [4.69, 9.17) is 40.9 Å². The predicted molar refractivity (Wildman–Crippen MR) is 198 cm³/mol. The summed E-state index contributed by atoms with van der Waals surface area (Å²) in [6.45, 7) is 0.265. The van der Waals surface area contributed by atoms with Crippen molar-refractivity contribution in [3.63, 3.8) is 0 Å². The van der Waals surface area contributed by atoms with E-state index in [0.29, 0.717) is 45.6 Å². The molecule has 53 heavy (non-hydrogen) atoms. The largest absolute Gasteiger partial charge is 0.493 e. The van der Waals surface area contributed by atoms with Crippen LogP contribution in [0.1, 0.15) is 85.1 Å². The third kappa shape index (κ3) is 9.82. The van der Waals surface area contributed by atoms with Crippen molar-refractivity contribution in [2.45, 2.75) is 89.7 Å². The van der Waals surface area contributed by atoms with Gasteiger partial charge in [-0.3, -0.25) is 9.59 Å². The van der Waals surface area contributed by atoms with Crippen LogP contribution in [0.15, 0.2) is 66.7 Å². The van der Waals surface area contributed by atoms with Crippen molar-refractivity contribution in [2.24, 2.45) is 28.0 Å². The fourth-order valence-corrected chi connectivity index (χ4v) is 8.03. The quantitative estimate of drug-likeness (QED) is 0.134. The number of benzene rings is 3. The number of hydrogen-bond acceptors (Lipinski definition) is 9. The first kappa shape index (κ1) is 43.1. The summed E-state index contributed by atoms with van der Waals surface area (Å²) in [5.41, 5.74) is 18.9. The molecule has 4 aliphatic rings. The zero-order valence-electron chi connectivity index (χ0n) is 29.8. The van der Waals surface area contributed by atoms with E-state index in [0.717, 1.165) is 56.9 Å². The van der Waals surface area contributed by atoms with Crippen LogP contribution in [0.5, 0.6) is 23.0 Å². The molecule has 13 heteroatoms. The van der Waals surface area contributed by atoms with Gasteiger partial charge in [0.1, 0.15) is 18.8 Å². The van der Waals surface area contributed by atoms with Crippen LogP contribution in [0.3, 0.4) is 0 Å². The summed E-state index contributed by atoms with van der Waals surface area (Å²) >= 11 is 0. The Labute approximate surface area is 326 Å². The van der Waals surface area contributed by atoms with Crippen LogP contribution in [0.4, 0.5) is 4.79 Å². The molecule has 0 aliphatic heterocycles. The number of carbonyl (C=O) groups excluding carboxylic acids is 3. The van der Waals surface area contributed by atoms with Crippen LogP contribution >= 0.6 is 0 Å². The summed E-state index contributed by atoms with van der Waals surface area (Å²) in [6.07, 6.45) is 7.47. The summed E-state index contributed by atoms with van der Waals surface area (Å²) in [5, 5.41) is 2.93. The number of nitrogens with two attached hydrogens (primary N) is 3. The number of nitrogens with one attached hydrogen (secondary N) is 1. The number of amides is 3. The van der Waals surface area contributed by atoms with Gasteiger partial charge < -0.3 is 53.6 Å². The number of rotatable bonds is 11. The van der Waals surface area contributed by atoms with Crippen molar-refractivity contribution in [3.8, 4) is 23.0 Å². The normalized spacial score (nSPS) is 25.6. The minimum atomic E-state index is -0.542. The number of hydrogen-bond donors (Lipinski definition) is 4. The van der Waals surface area contributed by atoms with Gasteiger partial charge in [-0.1, -0.05) is 49.9 Å². The maximum Gasteiger partial charge on any atom is 0.407 e. The van der Waals surface area contributed by atoms with Gasteiger partial charge >= 0.3 is 6.09 Å². The van der Waals surface area contributed by atoms with E-state index < -0.39 is 11.8 Å². The smallest absolute Gasteiger partial charge is 0.407 e. The van der Waals surface area contributed by atoms with Crippen molar-refractivity contribution in [2.75, 3.05) is 14.2 Å². The topological polar surface area (TPSA) is 187 Å². The Hall–Kier alpha value is -4.31. The average molecular weight is 824 g/mol. The first-order valence-corrected chi connectivity index (χ1v) is 17.0. The maximum absolute atomic E-state index is 12.0. The van der Waals surface area contributed by atoms with E-state index in [1.807, 2.05) is 30.3 Å². The van der Waals surface area contributed by atoms with Crippen molar-refractivity contribution in [1.29, 1.82) is 0 Å². The Morgan fingerprint density at radius 3 is 1.57 bits per heavy atom. The second-order valence-corrected chi connectivity index (χ2v) is 14.2. The Morgan fingerprint density at radius 1 is 0.698 bits per heavy atom. The summed E-state index contributed by atoms with van der Waals surface area (Å²) in [7, 11) is 3.09. The van der Waals surface area contributed by atoms with Crippen molar-refractivity contribution in [1.82, 2.24) is 5.32 Å². The molecule has 0 saturated heterocycles. The molecule has 12 nitrogen and oxygen atoms in total. The Balaban J connectivity index is 0.000000289.